The predicted octanol–water partition coefficient (Wildman–Crippen LogP) is 1.97. The molecule has 4 nitrogen and oxygen atoms in total. The van der Waals surface area contributed by atoms with Crippen LogP contribution in [0.2, 0.25) is 0 Å². The Morgan fingerprint density at radius 3 is 2.43 bits per heavy atom. The van der Waals surface area contributed by atoms with E-state index in [9.17, 15) is 4.79 Å². The van der Waals surface area contributed by atoms with E-state index in [1.165, 1.54) is 5.56 Å². The van der Waals surface area contributed by atoms with Crippen LogP contribution in [0, 0.1) is 0 Å². The van der Waals surface area contributed by atoms with Gasteiger partial charge in [0.25, 0.3) is 0 Å². The third-order valence-electron chi connectivity index (χ3n) is 4.61. The number of hydrogen-bond donors (Lipinski definition) is 1. The van der Waals surface area contributed by atoms with E-state index < -0.39 is 0 Å². The molecule has 1 aromatic carbocycles. The van der Waals surface area contributed by atoms with Crippen molar-refractivity contribution in [2.45, 2.75) is 38.8 Å². The Labute approximate surface area is 127 Å². The first kappa shape index (κ1) is 14.4. The number of nitrogens with one attached hydrogen (secondary N) is 1. The van der Waals surface area contributed by atoms with E-state index >= 15 is 0 Å². The number of carbonyl (C=O) groups excluding carboxylic acids is 1. The first-order valence-corrected chi connectivity index (χ1v) is 7.83. The zero-order valence-electron chi connectivity index (χ0n) is 13.2. The summed E-state index contributed by atoms with van der Waals surface area (Å²) < 4.78 is 0. The lowest BCUT2D eigenvalue weighted by atomic mass is 10.0. The normalized spacial score (nSPS) is 22.8. The van der Waals surface area contributed by atoms with Gasteiger partial charge in [-0.05, 0) is 32.4 Å². The molecule has 1 atom stereocenters. The van der Waals surface area contributed by atoms with Crippen molar-refractivity contribution in [3.63, 3.8) is 0 Å². The smallest absolute Gasteiger partial charge is 0.245 e. The van der Waals surface area contributed by atoms with Crippen molar-refractivity contribution < 1.29 is 4.79 Å². The largest absolute Gasteiger partial charge is 0.373 e. The lowest BCUT2D eigenvalue weighted by molar-refractivity contribution is -0.134. The average molecular weight is 287 g/mol. The topological polar surface area (TPSA) is 35.6 Å². The Morgan fingerprint density at radius 2 is 1.81 bits per heavy atom. The Morgan fingerprint density at radius 1 is 1.14 bits per heavy atom. The van der Waals surface area contributed by atoms with Gasteiger partial charge in [0.15, 0.2) is 0 Å². The van der Waals surface area contributed by atoms with Crippen LogP contribution in [0.4, 0.5) is 5.69 Å². The van der Waals surface area contributed by atoms with Gasteiger partial charge in [-0.2, -0.15) is 0 Å². The highest BCUT2D eigenvalue weighted by atomic mass is 16.2. The Balaban J connectivity index is 1.59. The van der Waals surface area contributed by atoms with Crippen molar-refractivity contribution >= 4 is 11.6 Å². The Kier molecular flexibility index (Phi) is 3.66. The molecule has 2 aliphatic heterocycles. The number of nitrogens with zero attached hydrogens (tertiary/aromatic N) is 2. The maximum atomic E-state index is 12.7. The van der Waals surface area contributed by atoms with Gasteiger partial charge in [0.05, 0.1) is 0 Å². The zero-order chi connectivity index (χ0) is 15.0. The highest BCUT2D eigenvalue weighted by Crippen LogP contribution is 2.26. The molecule has 21 heavy (non-hydrogen) atoms. The number of benzene rings is 1. The quantitative estimate of drug-likeness (QED) is 0.858. The third-order valence-corrected chi connectivity index (χ3v) is 4.61. The van der Waals surface area contributed by atoms with Crippen LogP contribution in [0.25, 0.3) is 0 Å². The summed E-state index contributed by atoms with van der Waals surface area (Å²) in [6.45, 7) is 10.3. The summed E-state index contributed by atoms with van der Waals surface area (Å²) >= 11 is 0. The Bertz CT molecular complexity index is 502. The lowest BCUT2D eigenvalue weighted by Gasteiger charge is -2.42. The molecule has 4 heteroatoms. The van der Waals surface area contributed by atoms with E-state index in [0.717, 1.165) is 38.3 Å². The summed E-state index contributed by atoms with van der Waals surface area (Å²) in [5.41, 5.74) is 2.56. The molecular formula is C17H25N3O. The molecule has 0 bridgehead atoms. The van der Waals surface area contributed by atoms with E-state index in [-0.39, 0.29) is 17.5 Å². The molecule has 1 amide bonds. The minimum Gasteiger partial charge on any atom is -0.373 e. The van der Waals surface area contributed by atoms with Crippen molar-refractivity contribution in [2.24, 2.45) is 0 Å². The van der Waals surface area contributed by atoms with Gasteiger partial charge in [-0.15, -0.1) is 0 Å². The summed E-state index contributed by atoms with van der Waals surface area (Å²) in [4.78, 5) is 17.1. The number of hydrogen-bond acceptors (Lipinski definition) is 3. The number of para-hydroxylation sites is 1. The molecule has 1 fully saturated rings. The van der Waals surface area contributed by atoms with Crippen LogP contribution < -0.4 is 5.32 Å². The molecule has 0 radical (unpaired) electrons. The van der Waals surface area contributed by atoms with Gasteiger partial charge in [0, 0.05) is 43.8 Å². The van der Waals surface area contributed by atoms with Crippen molar-refractivity contribution in [3.05, 3.63) is 29.8 Å². The Hall–Kier alpha value is -1.55. The van der Waals surface area contributed by atoms with Crippen molar-refractivity contribution in [1.29, 1.82) is 0 Å². The molecule has 0 saturated carbocycles. The second-order valence-electron chi connectivity index (χ2n) is 7.04. The lowest BCUT2D eigenvalue weighted by Crippen LogP contribution is -2.56. The highest BCUT2D eigenvalue weighted by molar-refractivity contribution is 5.87. The fraction of sp³-hybridized carbons (Fsp3) is 0.588. The van der Waals surface area contributed by atoms with Gasteiger partial charge in [0.2, 0.25) is 5.91 Å². The van der Waals surface area contributed by atoms with Crippen molar-refractivity contribution in [3.8, 4) is 0 Å². The van der Waals surface area contributed by atoms with Gasteiger partial charge < -0.3 is 10.2 Å². The number of carbonyl (C=O) groups is 1. The molecule has 2 aliphatic rings. The molecule has 1 aromatic rings. The molecule has 3 rings (SSSR count). The van der Waals surface area contributed by atoms with E-state index in [1.54, 1.807) is 0 Å². The fourth-order valence-corrected chi connectivity index (χ4v) is 3.26. The summed E-state index contributed by atoms with van der Waals surface area (Å²) in [5.74, 6) is 0.250. The van der Waals surface area contributed by atoms with Crippen molar-refractivity contribution in [2.75, 3.05) is 31.5 Å². The number of rotatable bonds is 1. The van der Waals surface area contributed by atoms with E-state index in [4.69, 9.17) is 0 Å². The van der Waals surface area contributed by atoms with Gasteiger partial charge in [-0.25, -0.2) is 0 Å². The zero-order valence-corrected chi connectivity index (χ0v) is 13.2. The number of amides is 1. The molecule has 0 spiro atoms. The first-order chi connectivity index (χ1) is 9.95. The van der Waals surface area contributed by atoms with Gasteiger partial charge in [0.1, 0.15) is 6.04 Å². The minimum absolute atomic E-state index is 0.0800. The summed E-state index contributed by atoms with van der Waals surface area (Å²) in [6, 6.07) is 8.13. The monoisotopic (exact) mass is 287 g/mol. The van der Waals surface area contributed by atoms with Crippen LogP contribution in [0.5, 0.6) is 0 Å². The predicted molar refractivity (Wildman–Crippen MR) is 85.5 cm³/mol. The van der Waals surface area contributed by atoms with Crippen LogP contribution in [0.3, 0.4) is 0 Å². The van der Waals surface area contributed by atoms with Crippen LogP contribution in [0.1, 0.15) is 26.3 Å². The summed E-state index contributed by atoms with van der Waals surface area (Å²) in [7, 11) is 0. The van der Waals surface area contributed by atoms with Crippen LogP contribution >= 0.6 is 0 Å². The van der Waals surface area contributed by atoms with Gasteiger partial charge in [-0.1, -0.05) is 18.2 Å². The second-order valence-corrected chi connectivity index (χ2v) is 7.04. The van der Waals surface area contributed by atoms with Crippen LogP contribution in [0.15, 0.2) is 24.3 Å². The molecule has 0 aliphatic carbocycles. The SMILES string of the molecule is CC(C)(C)N1CCN(C(=O)C2Cc3ccccc3N2)CC1. The number of piperazine rings is 1. The van der Waals surface area contributed by atoms with Crippen LogP contribution in [-0.4, -0.2) is 53.5 Å². The molecule has 2 heterocycles. The molecule has 114 valence electrons. The van der Waals surface area contributed by atoms with E-state index in [2.05, 4.69) is 43.1 Å². The molecule has 1 N–H and O–H groups in total. The third kappa shape index (κ3) is 2.91. The molecule has 1 saturated heterocycles. The van der Waals surface area contributed by atoms with Gasteiger partial charge >= 0.3 is 0 Å². The van der Waals surface area contributed by atoms with Crippen LogP contribution in [-0.2, 0) is 11.2 Å². The molecule has 1 unspecified atom stereocenters. The number of fused-ring (bicyclic) bond motifs is 1. The second kappa shape index (κ2) is 5.34. The van der Waals surface area contributed by atoms with E-state index in [0.29, 0.717) is 0 Å². The first-order valence-electron chi connectivity index (χ1n) is 7.83. The van der Waals surface area contributed by atoms with Gasteiger partial charge in [-0.3, -0.25) is 9.69 Å². The van der Waals surface area contributed by atoms with E-state index in [1.807, 2.05) is 17.0 Å². The number of anilines is 1. The summed E-state index contributed by atoms with van der Waals surface area (Å²) in [6.07, 6.45) is 0.814. The summed E-state index contributed by atoms with van der Waals surface area (Å²) in [5, 5.41) is 3.37. The fourth-order valence-electron chi connectivity index (χ4n) is 3.26. The molecule has 0 aromatic heterocycles. The average Bonchev–Trinajstić information content (AvgIpc) is 2.89. The highest BCUT2D eigenvalue weighted by Gasteiger charge is 2.33. The maximum Gasteiger partial charge on any atom is 0.245 e. The molecular weight excluding hydrogens is 262 g/mol. The van der Waals surface area contributed by atoms with Crippen molar-refractivity contribution in [1.82, 2.24) is 9.80 Å². The maximum absolute atomic E-state index is 12.7. The standard InChI is InChI=1S/C17H25N3O/c1-17(2,3)20-10-8-19(9-11-20)16(21)15-12-13-6-4-5-7-14(13)18-15/h4-7,15,18H,8-12H2,1-3H3. The minimum atomic E-state index is -0.0800.